The fourth-order valence-electron chi connectivity index (χ4n) is 7.14. The highest BCUT2D eigenvalue weighted by molar-refractivity contribution is 8.00. The number of rotatable bonds is 39. The predicted octanol–water partition coefficient (Wildman–Crippen LogP) is 17.1. The Hall–Kier alpha value is -6.96. The van der Waals surface area contributed by atoms with E-state index in [4.69, 9.17) is 59.1 Å². The van der Waals surface area contributed by atoms with Gasteiger partial charge in [0.05, 0.1) is 54.8 Å². The maximum Gasteiger partial charge on any atom is 0.313 e. The van der Waals surface area contributed by atoms with Crippen molar-refractivity contribution in [2.24, 2.45) is 0 Å². The van der Waals surface area contributed by atoms with Crippen LogP contribution < -0.4 is 28.4 Å². The number of benzene rings is 6. The van der Waals surface area contributed by atoms with Gasteiger partial charge < -0.3 is 59.1 Å². The number of hydrogen-bond acceptors (Lipinski definition) is 18. The van der Waals surface area contributed by atoms with E-state index in [9.17, 15) is 28.8 Å². The first kappa shape index (κ1) is 84.1. The molecule has 0 aliphatic rings. The molecule has 0 spiro atoms. The Bertz CT molecular complexity index is 2940. The Morgan fingerprint density at radius 3 is 0.871 bits per heavy atom. The van der Waals surface area contributed by atoms with E-state index < -0.39 is 35.8 Å². The van der Waals surface area contributed by atoms with Crippen molar-refractivity contribution in [3.8, 4) is 34.5 Å². The molecule has 0 aromatic heterocycles. The van der Waals surface area contributed by atoms with Crippen LogP contribution in [0.25, 0.3) is 0 Å². The minimum Gasteiger partial charge on any atom is -0.497 e. The molecule has 0 saturated carbocycles. The molecular weight excluding hydrogens is 1310 g/mol. The van der Waals surface area contributed by atoms with Gasteiger partial charge in [-0.3, -0.25) is 28.8 Å². The molecule has 0 heterocycles. The van der Waals surface area contributed by atoms with Crippen molar-refractivity contribution >= 4 is 106 Å². The zero-order valence-electron chi connectivity index (χ0n) is 53.7. The van der Waals surface area contributed by atoms with Crippen LogP contribution in [0.3, 0.4) is 0 Å². The van der Waals surface area contributed by atoms with Gasteiger partial charge in [-0.1, -0.05) is 31.4 Å². The number of aliphatic carboxylic acids is 6. The molecule has 0 aliphatic heterocycles. The summed E-state index contributed by atoms with van der Waals surface area (Å²) in [5.41, 5.74) is 0. The van der Waals surface area contributed by atoms with Crippen molar-refractivity contribution in [1.29, 1.82) is 0 Å². The molecule has 0 aliphatic carbocycles. The Kier molecular flexibility index (Phi) is 50.1. The van der Waals surface area contributed by atoms with Crippen LogP contribution in [0.4, 0.5) is 0 Å². The molecule has 0 unspecified atom stereocenters. The number of hydrogen-bond donors (Lipinski definition) is 6. The van der Waals surface area contributed by atoms with E-state index in [-0.39, 0.29) is 31.4 Å². The smallest absolute Gasteiger partial charge is 0.313 e. The number of thioether (sulfide) groups is 6. The molecule has 6 aromatic rings. The third kappa shape index (κ3) is 47.6. The average Bonchev–Trinajstić information content (AvgIpc) is 3.17. The maximum atomic E-state index is 10.3. The van der Waals surface area contributed by atoms with Gasteiger partial charge in [-0.25, -0.2) is 0 Å². The second kappa shape index (κ2) is 55.5. The number of carboxylic acid groups (broad SMARTS) is 6. The van der Waals surface area contributed by atoms with Gasteiger partial charge in [-0.15, -0.1) is 70.6 Å². The van der Waals surface area contributed by atoms with Gasteiger partial charge >= 0.3 is 35.8 Å². The van der Waals surface area contributed by atoms with Crippen LogP contribution >= 0.6 is 70.6 Å². The summed E-state index contributed by atoms with van der Waals surface area (Å²) in [5, 5.41) is 50.8. The molecule has 93 heavy (non-hydrogen) atoms. The van der Waals surface area contributed by atoms with E-state index in [1.165, 1.54) is 38.2 Å². The third-order valence-electron chi connectivity index (χ3n) is 12.0. The summed E-state index contributed by atoms with van der Waals surface area (Å²) in [7, 11) is 9.84. The highest BCUT2D eigenvalue weighted by atomic mass is 32.2. The molecule has 510 valence electrons. The summed E-state index contributed by atoms with van der Waals surface area (Å²) in [5.74, 6) is 5.24. The van der Waals surface area contributed by atoms with Crippen molar-refractivity contribution < 1.29 is 87.8 Å². The summed E-state index contributed by atoms with van der Waals surface area (Å²) in [6, 6.07) is 46.5. The Morgan fingerprint density at radius 1 is 0.269 bits per heavy atom. The molecule has 6 N–H and O–H groups in total. The molecule has 0 fully saturated rings. The van der Waals surface area contributed by atoms with Crippen LogP contribution in [-0.2, 0) is 28.8 Å². The summed E-state index contributed by atoms with van der Waals surface area (Å²) >= 11 is 9.82. The lowest BCUT2D eigenvalue weighted by molar-refractivity contribution is -0.138. The van der Waals surface area contributed by atoms with Crippen LogP contribution in [0.2, 0.25) is 0 Å². The molecule has 0 bridgehead atoms. The van der Waals surface area contributed by atoms with E-state index in [1.54, 1.807) is 89.7 Å². The number of unbranched alkanes of at least 4 members (excludes halogenated alkanes) is 6. The summed E-state index contributed by atoms with van der Waals surface area (Å²) in [6.45, 7) is 0. The first-order chi connectivity index (χ1) is 44.8. The van der Waals surface area contributed by atoms with E-state index in [1.807, 2.05) is 140 Å². The zero-order chi connectivity index (χ0) is 68.7. The molecule has 6 rings (SSSR count). The summed E-state index contributed by atoms with van der Waals surface area (Å²) in [6.07, 6.45) is 10.5. The fraction of sp³-hybridized carbons (Fsp3) is 0.391. The first-order valence-corrected chi connectivity index (χ1v) is 35.7. The van der Waals surface area contributed by atoms with E-state index in [0.29, 0.717) is 18.6 Å². The van der Waals surface area contributed by atoms with Crippen molar-refractivity contribution in [3.05, 3.63) is 146 Å². The average molecular weight is 1400 g/mol. The Labute approximate surface area is 573 Å². The lowest BCUT2D eigenvalue weighted by atomic mass is 10.2. The van der Waals surface area contributed by atoms with E-state index >= 15 is 0 Å². The topological polar surface area (TPSA) is 279 Å². The zero-order valence-corrected chi connectivity index (χ0v) is 58.6. The van der Waals surface area contributed by atoms with Crippen LogP contribution in [-0.4, -0.2) is 144 Å². The van der Waals surface area contributed by atoms with Crippen molar-refractivity contribution in [3.63, 3.8) is 0 Å². The van der Waals surface area contributed by atoms with Gasteiger partial charge in [0.25, 0.3) is 0 Å². The largest absolute Gasteiger partial charge is 0.497 e. The Morgan fingerprint density at radius 2 is 0.538 bits per heavy atom. The second-order valence-corrected chi connectivity index (χ2v) is 26.1. The van der Waals surface area contributed by atoms with Gasteiger partial charge in [-0.2, -0.15) is 0 Å². The molecule has 6 aromatic carbocycles. The van der Waals surface area contributed by atoms with Crippen molar-refractivity contribution in [2.75, 3.05) is 77.2 Å². The number of carbonyl (C=O) groups is 6. The van der Waals surface area contributed by atoms with Gasteiger partial charge in [0.15, 0.2) is 0 Å². The van der Waals surface area contributed by atoms with Gasteiger partial charge in [0.1, 0.15) is 34.5 Å². The first-order valence-electron chi connectivity index (χ1n) is 29.8. The van der Waals surface area contributed by atoms with E-state index in [0.717, 1.165) is 130 Å². The third-order valence-corrected chi connectivity index (χ3v) is 18.5. The molecule has 0 amide bonds. The van der Waals surface area contributed by atoms with E-state index in [2.05, 4.69) is 6.07 Å². The molecule has 0 saturated heterocycles. The van der Waals surface area contributed by atoms with Crippen molar-refractivity contribution in [1.82, 2.24) is 0 Å². The predicted molar refractivity (Wildman–Crippen MR) is 377 cm³/mol. The quantitative estimate of drug-likeness (QED) is 0.0154. The highest BCUT2D eigenvalue weighted by Crippen LogP contribution is 2.30. The molecule has 0 radical (unpaired) electrons. The number of carboxylic acids is 6. The van der Waals surface area contributed by atoms with Crippen molar-refractivity contribution in [2.45, 2.75) is 126 Å². The van der Waals surface area contributed by atoms with Crippen LogP contribution in [0, 0.1) is 0 Å². The summed E-state index contributed by atoms with van der Waals surface area (Å²) in [4.78, 5) is 68.4. The van der Waals surface area contributed by atoms with Crippen LogP contribution in [0.5, 0.6) is 34.5 Å². The molecule has 24 heteroatoms. The summed E-state index contributed by atoms with van der Waals surface area (Å²) < 4.78 is 30.4. The Balaban J connectivity index is 0.000000560. The molecule has 18 nitrogen and oxygen atoms in total. The standard InChI is InChI=1S/C14H20O3S.C13H18O3S.C12H16O3S.C11H14O3S.C10H12O3S.C9H10O3S/c1-17-12-8-5-6-9-13(12)18-11-7-3-2-4-10-14(15)16;1-16-11-6-8-12(9-7-11)17-10-4-2-3-5-13(14)15;1-15-10-5-7-11(8-6-10)16-9-3-2-4-12(13)14;1-14-9-4-6-10(7-5-9)15-8-2-3-11(12)13;1-13-8-2-4-9(5-3-8)14-7-6-10(11)12;1-12-7-2-4-8(5-3-7)13-6-9(10)11/h5-6,8-9H,2-4,7,10-11H2,1H3,(H,15,16);6-9H,2-5,10H2,1H3,(H,14,15);5-8H,2-4,9H2,1H3,(H,13,14);4-7H,2-3,8H2,1H3,(H,12,13);2-5H,6-7H2,1H3,(H,11,12);2-5H,6H2,1H3,(H,10,11). The monoisotopic (exact) mass is 1400 g/mol. The fourth-order valence-corrected chi connectivity index (χ4v) is 12.3. The van der Waals surface area contributed by atoms with Crippen LogP contribution in [0.15, 0.2) is 175 Å². The number of para-hydroxylation sites is 1. The molecular formula is C69H90O18S6. The number of ether oxygens (including phenoxy) is 6. The lowest BCUT2D eigenvalue weighted by Gasteiger charge is -2.07. The van der Waals surface area contributed by atoms with Crippen LogP contribution in [0.1, 0.15) is 96.3 Å². The SMILES string of the molecule is COc1ccc(SCC(=O)O)cc1.COc1ccc(SCCC(=O)O)cc1.COc1ccc(SCCCC(=O)O)cc1.COc1ccc(SCCCCC(=O)O)cc1.COc1ccc(SCCCCCC(=O)O)cc1.COc1ccccc1SCCCCCCC(=O)O. The normalized spacial score (nSPS) is 10.0. The maximum absolute atomic E-state index is 10.3. The van der Waals surface area contributed by atoms with Gasteiger partial charge in [0.2, 0.25) is 0 Å². The lowest BCUT2D eigenvalue weighted by Crippen LogP contribution is -1.97. The minimum atomic E-state index is -0.805. The second-order valence-electron chi connectivity index (χ2n) is 19.2. The molecule has 0 atom stereocenters. The minimum absolute atomic E-state index is 0.0896. The number of methoxy groups -OCH3 is 6. The van der Waals surface area contributed by atoms with Gasteiger partial charge in [0, 0.05) is 60.8 Å². The van der Waals surface area contributed by atoms with Gasteiger partial charge in [-0.05, 0) is 201 Å². The highest BCUT2D eigenvalue weighted by Gasteiger charge is 2.06.